The molecular formula is C16H9Cl2F3N4O. The number of nitrogens with one attached hydrogen (secondary N) is 1. The van der Waals surface area contributed by atoms with E-state index in [9.17, 15) is 18.0 Å². The lowest BCUT2D eigenvalue weighted by Gasteiger charge is -2.08. The summed E-state index contributed by atoms with van der Waals surface area (Å²) in [6.07, 6.45) is -1.81. The summed E-state index contributed by atoms with van der Waals surface area (Å²) in [4.78, 5) is 16.0. The molecule has 26 heavy (non-hydrogen) atoms. The first kappa shape index (κ1) is 18.2. The Morgan fingerprint density at radius 3 is 2.38 bits per heavy atom. The Hall–Kier alpha value is -2.58. The molecular weight excluding hydrogens is 392 g/mol. The first-order valence-electron chi connectivity index (χ1n) is 7.10. The number of benzene rings is 1. The Labute approximate surface area is 155 Å². The van der Waals surface area contributed by atoms with Crippen LogP contribution in [0.3, 0.4) is 0 Å². The molecule has 0 aliphatic rings. The molecule has 0 aliphatic carbocycles. The molecule has 0 aliphatic heterocycles. The minimum absolute atomic E-state index is 0.183. The van der Waals surface area contributed by atoms with Gasteiger partial charge in [-0.3, -0.25) is 9.78 Å². The van der Waals surface area contributed by atoms with Crippen LogP contribution in [-0.4, -0.2) is 20.7 Å². The Morgan fingerprint density at radius 2 is 1.81 bits per heavy atom. The molecule has 0 fully saturated rings. The summed E-state index contributed by atoms with van der Waals surface area (Å²) < 4.78 is 39.1. The van der Waals surface area contributed by atoms with Crippen LogP contribution in [0.4, 0.5) is 18.9 Å². The number of rotatable bonds is 3. The van der Waals surface area contributed by atoms with Gasteiger partial charge in [-0.1, -0.05) is 23.2 Å². The van der Waals surface area contributed by atoms with Crippen LogP contribution in [0.25, 0.3) is 5.69 Å². The molecule has 3 aromatic rings. The van der Waals surface area contributed by atoms with E-state index in [0.29, 0.717) is 11.4 Å². The van der Waals surface area contributed by atoms with Crippen LogP contribution < -0.4 is 5.32 Å². The first-order chi connectivity index (χ1) is 12.3. The van der Waals surface area contributed by atoms with Gasteiger partial charge in [0.1, 0.15) is 5.15 Å². The van der Waals surface area contributed by atoms with Gasteiger partial charge in [0.15, 0.2) is 5.69 Å². The van der Waals surface area contributed by atoms with Gasteiger partial charge in [-0.05, 0) is 30.3 Å². The van der Waals surface area contributed by atoms with E-state index >= 15 is 0 Å². The maximum absolute atomic E-state index is 12.7. The van der Waals surface area contributed by atoms with Crippen LogP contribution in [0.2, 0.25) is 10.2 Å². The Kier molecular flexibility index (Phi) is 4.88. The number of anilines is 1. The van der Waals surface area contributed by atoms with Crippen LogP contribution in [0.1, 0.15) is 16.1 Å². The number of nitrogens with zero attached hydrogens (tertiary/aromatic N) is 3. The monoisotopic (exact) mass is 400 g/mol. The van der Waals surface area contributed by atoms with Crippen molar-refractivity contribution in [1.82, 2.24) is 14.8 Å². The van der Waals surface area contributed by atoms with Crippen molar-refractivity contribution in [1.29, 1.82) is 0 Å². The molecule has 0 saturated carbocycles. The Morgan fingerprint density at radius 1 is 1.12 bits per heavy atom. The molecule has 0 unspecified atom stereocenters. The standard InChI is InChI=1S/C16H9Cl2F3N4O/c17-12-8-22-6-5-11(12)15(26)23-9-1-3-10(4-2-9)25-14(18)7-13(24-25)16(19,20)21/h1-8H,(H,23,26). The third-order valence-corrected chi connectivity index (χ3v) is 3.91. The number of halogens is 5. The highest BCUT2D eigenvalue weighted by atomic mass is 35.5. The zero-order valence-electron chi connectivity index (χ0n) is 12.8. The van der Waals surface area contributed by atoms with E-state index in [2.05, 4.69) is 15.4 Å². The molecule has 2 aromatic heterocycles. The lowest BCUT2D eigenvalue weighted by Crippen LogP contribution is -2.12. The fourth-order valence-corrected chi connectivity index (χ4v) is 2.57. The van der Waals surface area contributed by atoms with Crippen molar-refractivity contribution in [3.63, 3.8) is 0 Å². The van der Waals surface area contributed by atoms with E-state index in [4.69, 9.17) is 23.2 Å². The van der Waals surface area contributed by atoms with Gasteiger partial charge in [0.25, 0.3) is 5.91 Å². The van der Waals surface area contributed by atoms with E-state index in [-0.39, 0.29) is 15.7 Å². The normalized spacial score (nSPS) is 11.4. The number of aromatic nitrogens is 3. The molecule has 0 spiro atoms. The molecule has 10 heteroatoms. The topological polar surface area (TPSA) is 59.8 Å². The van der Waals surface area contributed by atoms with Crippen molar-refractivity contribution in [2.24, 2.45) is 0 Å². The molecule has 0 bridgehead atoms. The van der Waals surface area contributed by atoms with E-state index < -0.39 is 17.8 Å². The summed E-state index contributed by atoms with van der Waals surface area (Å²) >= 11 is 11.7. The second-order valence-corrected chi connectivity index (χ2v) is 5.91. The smallest absolute Gasteiger partial charge is 0.322 e. The maximum Gasteiger partial charge on any atom is 0.435 e. The molecule has 5 nitrogen and oxygen atoms in total. The number of hydrogen-bond donors (Lipinski definition) is 1. The van der Waals surface area contributed by atoms with Crippen LogP contribution in [0, 0.1) is 0 Å². The van der Waals surface area contributed by atoms with Crippen molar-refractivity contribution >= 4 is 34.8 Å². The molecule has 2 heterocycles. The third kappa shape index (κ3) is 3.81. The molecule has 3 rings (SSSR count). The Bertz CT molecular complexity index is 955. The highest BCUT2D eigenvalue weighted by molar-refractivity contribution is 6.34. The van der Waals surface area contributed by atoms with Gasteiger partial charge >= 0.3 is 6.18 Å². The lowest BCUT2D eigenvalue weighted by atomic mass is 10.2. The lowest BCUT2D eigenvalue weighted by molar-refractivity contribution is -0.141. The molecule has 134 valence electrons. The summed E-state index contributed by atoms with van der Waals surface area (Å²) in [5.74, 6) is -0.443. The second-order valence-electron chi connectivity index (χ2n) is 5.12. The largest absolute Gasteiger partial charge is 0.435 e. The van der Waals surface area contributed by atoms with Crippen molar-refractivity contribution < 1.29 is 18.0 Å². The van der Waals surface area contributed by atoms with Crippen molar-refractivity contribution in [3.8, 4) is 5.69 Å². The zero-order valence-corrected chi connectivity index (χ0v) is 14.3. The van der Waals surface area contributed by atoms with Crippen LogP contribution in [0.15, 0.2) is 48.8 Å². The highest BCUT2D eigenvalue weighted by Crippen LogP contribution is 2.31. The summed E-state index contributed by atoms with van der Waals surface area (Å²) in [6.45, 7) is 0. The van der Waals surface area contributed by atoms with Gasteiger partial charge in [0, 0.05) is 24.1 Å². The van der Waals surface area contributed by atoms with Crippen LogP contribution in [0.5, 0.6) is 0 Å². The summed E-state index contributed by atoms with van der Waals surface area (Å²) in [6, 6.07) is 8.17. The number of pyridine rings is 1. The van der Waals surface area contributed by atoms with E-state index in [1.54, 1.807) is 0 Å². The number of amides is 1. The summed E-state index contributed by atoms with van der Waals surface area (Å²) in [5, 5.41) is 6.09. The van der Waals surface area contributed by atoms with Gasteiger partial charge < -0.3 is 5.32 Å². The minimum atomic E-state index is -4.59. The number of alkyl halides is 3. The molecule has 1 aromatic carbocycles. The highest BCUT2D eigenvalue weighted by Gasteiger charge is 2.34. The van der Waals surface area contributed by atoms with Crippen molar-refractivity contribution in [2.45, 2.75) is 6.18 Å². The van der Waals surface area contributed by atoms with Crippen molar-refractivity contribution in [3.05, 3.63) is 70.2 Å². The van der Waals surface area contributed by atoms with Crippen LogP contribution in [-0.2, 0) is 6.18 Å². The van der Waals surface area contributed by atoms with E-state index in [1.807, 2.05) is 0 Å². The fraction of sp³-hybridized carbons (Fsp3) is 0.0625. The fourth-order valence-electron chi connectivity index (χ4n) is 2.12. The SMILES string of the molecule is O=C(Nc1ccc(-n2nc(C(F)(F)F)cc2Cl)cc1)c1ccncc1Cl. The molecule has 0 radical (unpaired) electrons. The zero-order chi connectivity index (χ0) is 18.9. The van der Waals surface area contributed by atoms with E-state index in [1.165, 1.54) is 42.7 Å². The molecule has 1 N–H and O–H groups in total. The molecule has 0 saturated heterocycles. The average Bonchev–Trinajstić information content (AvgIpc) is 2.98. The number of hydrogen-bond acceptors (Lipinski definition) is 3. The summed E-state index contributed by atoms with van der Waals surface area (Å²) in [7, 11) is 0. The van der Waals surface area contributed by atoms with Gasteiger partial charge in [-0.2, -0.15) is 18.3 Å². The van der Waals surface area contributed by atoms with Gasteiger partial charge in [0.2, 0.25) is 0 Å². The molecule has 1 amide bonds. The minimum Gasteiger partial charge on any atom is -0.322 e. The first-order valence-corrected chi connectivity index (χ1v) is 7.85. The van der Waals surface area contributed by atoms with E-state index in [0.717, 1.165) is 10.7 Å². The molecule has 0 atom stereocenters. The second kappa shape index (κ2) is 6.97. The van der Waals surface area contributed by atoms with Gasteiger partial charge in [-0.15, -0.1) is 0 Å². The average molecular weight is 401 g/mol. The predicted molar refractivity (Wildman–Crippen MR) is 90.8 cm³/mol. The van der Waals surface area contributed by atoms with Crippen molar-refractivity contribution in [2.75, 3.05) is 5.32 Å². The van der Waals surface area contributed by atoms with Gasteiger partial charge in [0.05, 0.1) is 16.3 Å². The predicted octanol–water partition coefficient (Wildman–Crippen LogP) is 4.85. The number of carbonyl (C=O) groups is 1. The Balaban J connectivity index is 1.80. The van der Waals surface area contributed by atoms with Crippen LogP contribution >= 0.6 is 23.2 Å². The number of carbonyl (C=O) groups excluding carboxylic acids is 1. The third-order valence-electron chi connectivity index (χ3n) is 3.34. The maximum atomic E-state index is 12.7. The van der Waals surface area contributed by atoms with Gasteiger partial charge in [-0.25, -0.2) is 4.68 Å². The quantitative estimate of drug-likeness (QED) is 0.683. The summed E-state index contributed by atoms with van der Waals surface area (Å²) in [5.41, 5.74) is -0.112.